The van der Waals surface area contributed by atoms with E-state index in [2.05, 4.69) is 52.6 Å². The predicted molar refractivity (Wildman–Crippen MR) is 126 cm³/mol. The molecule has 162 valence electrons. The van der Waals surface area contributed by atoms with Gasteiger partial charge in [-0.2, -0.15) is 0 Å². The van der Waals surface area contributed by atoms with Gasteiger partial charge >= 0.3 is 0 Å². The molecule has 1 aliphatic rings. The van der Waals surface area contributed by atoms with Crippen molar-refractivity contribution in [2.45, 2.75) is 13.3 Å². The van der Waals surface area contributed by atoms with Gasteiger partial charge in [-0.25, -0.2) is 14.4 Å². The normalized spacial score (nSPS) is 14.9. The molecule has 1 N–H and O–H groups in total. The van der Waals surface area contributed by atoms with E-state index < -0.39 is 5.82 Å². The molecule has 0 saturated carbocycles. The van der Waals surface area contributed by atoms with Crippen molar-refractivity contribution in [1.29, 1.82) is 0 Å². The van der Waals surface area contributed by atoms with E-state index in [4.69, 9.17) is 11.6 Å². The third-order valence-corrected chi connectivity index (χ3v) is 5.69. The summed E-state index contributed by atoms with van der Waals surface area (Å²) >= 11 is 5.90. The lowest BCUT2D eigenvalue weighted by molar-refractivity contribution is -0.114. The number of nitrogens with one attached hydrogen (secondary N) is 1. The number of hydrogen-bond donors (Lipinski definition) is 1. The Hall–Kier alpha value is -3.27. The summed E-state index contributed by atoms with van der Waals surface area (Å²) in [5, 5.41) is 3.66. The topological polar surface area (TPSA) is 58.1 Å². The highest BCUT2D eigenvalue weighted by molar-refractivity contribution is 6.31. The molecule has 1 aliphatic heterocycles. The van der Waals surface area contributed by atoms with Crippen molar-refractivity contribution in [3.8, 4) is 11.8 Å². The SMILES string of the molecule is C=CC(=O)Cc1cc2c(Nc3cccc(Cl)c3F)ncnc2cc1C#CC1(C)CN(C)C1. The van der Waals surface area contributed by atoms with Gasteiger partial charge in [-0.3, -0.25) is 4.79 Å². The minimum Gasteiger partial charge on any atom is -0.337 e. The van der Waals surface area contributed by atoms with E-state index in [0.717, 1.165) is 24.2 Å². The Morgan fingerprint density at radius 2 is 2.16 bits per heavy atom. The zero-order chi connectivity index (χ0) is 22.9. The number of anilines is 2. The average molecular weight is 449 g/mol. The monoisotopic (exact) mass is 448 g/mol. The van der Waals surface area contributed by atoms with E-state index >= 15 is 0 Å². The number of benzene rings is 2. The summed E-state index contributed by atoms with van der Waals surface area (Å²) in [5.41, 5.74) is 2.25. The van der Waals surface area contributed by atoms with E-state index in [9.17, 15) is 9.18 Å². The summed E-state index contributed by atoms with van der Waals surface area (Å²) in [7, 11) is 2.06. The zero-order valence-electron chi connectivity index (χ0n) is 17.9. The molecule has 4 rings (SSSR count). The van der Waals surface area contributed by atoms with Crippen molar-refractivity contribution in [2.75, 3.05) is 25.5 Å². The van der Waals surface area contributed by atoms with E-state index in [1.165, 1.54) is 18.5 Å². The van der Waals surface area contributed by atoms with Crippen molar-refractivity contribution in [3.05, 3.63) is 71.3 Å². The summed E-state index contributed by atoms with van der Waals surface area (Å²) < 4.78 is 14.4. The minimum absolute atomic E-state index is 0.0123. The molecule has 0 spiro atoms. The van der Waals surface area contributed by atoms with Crippen molar-refractivity contribution >= 4 is 39.8 Å². The van der Waals surface area contributed by atoms with Gasteiger partial charge in [-0.15, -0.1) is 0 Å². The molecule has 2 heterocycles. The molecule has 1 aromatic heterocycles. The maximum Gasteiger partial charge on any atom is 0.165 e. The lowest BCUT2D eigenvalue weighted by Crippen LogP contribution is -2.51. The predicted octanol–water partition coefficient (Wildman–Crippen LogP) is 4.77. The van der Waals surface area contributed by atoms with Gasteiger partial charge in [0.2, 0.25) is 0 Å². The largest absolute Gasteiger partial charge is 0.337 e. The second kappa shape index (κ2) is 8.70. The minimum atomic E-state index is -0.566. The first kappa shape index (κ1) is 21.9. The third-order valence-electron chi connectivity index (χ3n) is 5.39. The Morgan fingerprint density at radius 3 is 2.88 bits per heavy atom. The quantitative estimate of drug-likeness (QED) is 0.450. The molecule has 3 aromatic rings. The number of hydrogen-bond acceptors (Lipinski definition) is 5. The molecular weight excluding hydrogens is 427 g/mol. The smallest absolute Gasteiger partial charge is 0.165 e. The van der Waals surface area contributed by atoms with Crippen LogP contribution in [0.5, 0.6) is 0 Å². The van der Waals surface area contributed by atoms with Crippen LogP contribution in [0, 0.1) is 23.1 Å². The Morgan fingerprint density at radius 1 is 1.38 bits per heavy atom. The second-order valence-corrected chi connectivity index (χ2v) is 8.71. The van der Waals surface area contributed by atoms with E-state index in [1.807, 2.05) is 12.1 Å². The van der Waals surface area contributed by atoms with Crippen molar-refractivity contribution in [2.24, 2.45) is 5.41 Å². The number of allylic oxidation sites excluding steroid dienone is 1. The molecule has 0 bridgehead atoms. The zero-order valence-corrected chi connectivity index (χ0v) is 18.6. The summed E-state index contributed by atoms with van der Waals surface area (Å²) in [5.74, 6) is 6.35. The van der Waals surface area contributed by atoms with Crippen LogP contribution in [0.15, 0.2) is 49.3 Å². The first-order valence-corrected chi connectivity index (χ1v) is 10.5. The van der Waals surface area contributed by atoms with Crippen molar-refractivity contribution in [3.63, 3.8) is 0 Å². The van der Waals surface area contributed by atoms with E-state index in [0.29, 0.717) is 16.7 Å². The lowest BCUT2D eigenvalue weighted by Gasteiger charge is -2.42. The van der Waals surface area contributed by atoms with Gasteiger partial charge in [-0.1, -0.05) is 36.1 Å². The number of rotatable bonds is 5. The molecule has 32 heavy (non-hydrogen) atoms. The maximum atomic E-state index is 14.4. The van der Waals surface area contributed by atoms with Crippen LogP contribution in [-0.2, 0) is 11.2 Å². The highest BCUT2D eigenvalue weighted by Gasteiger charge is 2.34. The van der Waals surface area contributed by atoms with Gasteiger partial charge in [0, 0.05) is 30.5 Å². The molecule has 0 unspecified atom stereocenters. The fourth-order valence-electron chi connectivity index (χ4n) is 3.94. The Labute approximate surface area is 191 Å². The van der Waals surface area contributed by atoms with Crippen molar-refractivity contribution < 1.29 is 9.18 Å². The number of carbonyl (C=O) groups excluding carboxylic acids is 1. The number of carbonyl (C=O) groups is 1. The highest BCUT2D eigenvalue weighted by Crippen LogP contribution is 2.30. The molecule has 2 aromatic carbocycles. The summed E-state index contributed by atoms with van der Waals surface area (Å²) in [6, 6.07) is 8.39. The molecule has 1 fully saturated rings. The Bertz CT molecular complexity index is 1290. The maximum absolute atomic E-state index is 14.4. The van der Waals surface area contributed by atoms with Crippen LogP contribution in [0.4, 0.5) is 15.9 Å². The van der Waals surface area contributed by atoms with Crippen LogP contribution in [0.3, 0.4) is 0 Å². The number of likely N-dealkylation sites (tertiary alicyclic amines) is 1. The summed E-state index contributed by atoms with van der Waals surface area (Å²) in [6.07, 6.45) is 2.85. The van der Waals surface area contributed by atoms with Crippen LogP contribution in [0.1, 0.15) is 18.1 Å². The fraction of sp³-hybridized carbons (Fsp3) is 0.240. The molecule has 0 aliphatic carbocycles. The number of nitrogens with zero attached hydrogens (tertiary/aromatic N) is 3. The van der Waals surface area contributed by atoms with Crippen LogP contribution < -0.4 is 5.32 Å². The summed E-state index contributed by atoms with van der Waals surface area (Å²) in [4.78, 5) is 23.0. The van der Waals surface area contributed by atoms with E-state index in [1.54, 1.807) is 12.1 Å². The summed E-state index contributed by atoms with van der Waals surface area (Å²) in [6.45, 7) is 7.50. The number of ketones is 1. The Kier molecular flexibility index (Phi) is 5.96. The Balaban J connectivity index is 1.79. The standard InChI is InChI=1S/C25H22ClFN4O/c1-4-18(32)10-17-11-19-22(12-16(17)8-9-25(2)13-31(3)14-25)28-15-29-24(19)30-21-7-5-6-20(26)23(21)27/h4-7,11-12,15H,1,10,13-14H2,2-3H3,(H,28,29,30). The van der Waals surface area contributed by atoms with Gasteiger partial charge < -0.3 is 10.2 Å². The molecule has 1 saturated heterocycles. The molecule has 0 radical (unpaired) electrons. The number of fused-ring (bicyclic) bond motifs is 1. The van der Waals surface area contributed by atoms with E-state index in [-0.39, 0.29) is 28.3 Å². The van der Waals surface area contributed by atoms with Gasteiger partial charge in [0.15, 0.2) is 11.6 Å². The molecule has 7 heteroatoms. The van der Waals surface area contributed by atoms with Gasteiger partial charge in [0.25, 0.3) is 0 Å². The second-order valence-electron chi connectivity index (χ2n) is 8.31. The third kappa shape index (κ3) is 4.50. The first-order valence-electron chi connectivity index (χ1n) is 10.1. The average Bonchev–Trinajstić information content (AvgIpc) is 2.74. The molecule has 0 atom stereocenters. The lowest BCUT2D eigenvalue weighted by atomic mass is 9.83. The van der Waals surface area contributed by atoms with Gasteiger partial charge in [-0.05, 0) is 49.9 Å². The highest BCUT2D eigenvalue weighted by atomic mass is 35.5. The van der Waals surface area contributed by atoms with Crippen LogP contribution >= 0.6 is 11.6 Å². The molecule has 5 nitrogen and oxygen atoms in total. The van der Waals surface area contributed by atoms with Crippen LogP contribution in [-0.4, -0.2) is 40.8 Å². The van der Waals surface area contributed by atoms with Gasteiger partial charge in [0.1, 0.15) is 12.1 Å². The fourth-order valence-corrected chi connectivity index (χ4v) is 4.11. The van der Waals surface area contributed by atoms with Crippen molar-refractivity contribution in [1.82, 2.24) is 14.9 Å². The first-order chi connectivity index (χ1) is 15.3. The van der Waals surface area contributed by atoms with Crippen LogP contribution in [0.25, 0.3) is 10.9 Å². The number of halogens is 2. The number of aromatic nitrogens is 2. The van der Waals surface area contributed by atoms with Gasteiger partial charge in [0.05, 0.1) is 21.6 Å². The van der Waals surface area contributed by atoms with Crippen LogP contribution in [0.2, 0.25) is 5.02 Å². The molecule has 0 amide bonds. The molecular formula is C25H22ClFN4O.